The molecule has 0 aliphatic carbocycles. The summed E-state index contributed by atoms with van der Waals surface area (Å²) in [6, 6.07) is 9.86. The van der Waals surface area contributed by atoms with E-state index in [4.69, 9.17) is 4.74 Å². The molecule has 0 atom stereocenters. The van der Waals surface area contributed by atoms with Crippen LogP contribution in [0, 0.1) is 11.6 Å². The number of halogens is 2. The highest BCUT2D eigenvalue weighted by Gasteiger charge is 2.14. The first kappa shape index (κ1) is 15.4. The van der Waals surface area contributed by atoms with E-state index in [1.807, 2.05) is 19.9 Å². The van der Waals surface area contributed by atoms with E-state index in [0.29, 0.717) is 23.9 Å². The van der Waals surface area contributed by atoms with Crippen LogP contribution in [0.3, 0.4) is 0 Å². The van der Waals surface area contributed by atoms with Crippen LogP contribution >= 0.6 is 0 Å². The zero-order valence-corrected chi connectivity index (χ0v) is 12.4. The Bertz CT molecular complexity index is 626. The minimum atomic E-state index is -0.842. The fourth-order valence-electron chi connectivity index (χ4n) is 2.13. The largest absolute Gasteiger partial charge is 0.497 e. The van der Waals surface area contributed by atoms with Crippen LogP contribution in [-0.2, 0) is 6.54 Å². The van der Waals surface area contributed by atoms with E-state index in [1.54, 1.807) is 25.3 Å². The van der Waals surface area contributed by atoms with E-state index >= 15 is 0 Å². The van der Waals surface area contributed by atoms with Crippen LogP contribution in [0.15, 0.2) is 36.4 Å². The van der Waals surface area contributed by atoms with Crippen LogP contribution < -0.4 is 10.1 Å². The summed E-state index contributed by atoms with van der Waals surface area (Å²) in [7, 11) is 1.58. The third-order valence-electron chi connectivity index (χ3n) is 3.25. The minimum Gasteiger partial charge on any atom is -0.497 e. The summed E-state index contributed by atoms with van der Waals surface area (Å²) in [4.78, 5) is 0. The molecule has 0 bridgehead atoms. The maximum atomic E-state index is 14.0. The van der Waals surface area contributed by atoms with Gasteiger partial charge in [-0.05, 0) is 29.3 Å². The number of ether oxygens (including phenoxy) is 1. The second-order valence-corrected chi connectivity index (χ2v) is 5.16. The summed E-state index contributed by atoms with van der Waals surface area (Å²) in [6.07, 6.45) is 0. The molecule has 1 N–H and O–H groups in total. The molecular weight excluding hydrogens is 272 g/mol. The van der Waals surface area contributed by atoms with Crippen LogP contribution in [0.4, 0.5) is 8.78 Å². The molecule has 2 rings (SSSR count). The summed E-state index contributed by atoms with van der Waals surface area (Å²) in [5, 5.41) is 3.29. The molecule has 2 aromatic carbocycles. The first-order valence-corrected chi connectivity index (χ1v) is 6.87. The molecule has 0 aliphatic heterocycles. The molecule has 0 spiro atoms. The summed E-state index contributed by atoms with van der Waals surface area (Å²) in [5.74, 6) is -0.976. The smallest absolute Gasteiger partial charge is 0.166 e. The average Bonchev–Trinajstić information content (AvgIpc) is 2.48. The SMILES string of the molecule is COc1ccc(-c2cccc(F)c2F)c(CNC(C)C)c1. The van der Waals surface area contributed by atoms with Crippen LogP contribution in [0.2, 0.25) is 0 Å². The molecule has 0 aromatic heterocycles. The summed E-state index contributed by atoms with van der Waals surface area (Å²) in [5.41, 5.74) is 1.80. The monoisotopic (exact) mass is 291 g/mol. The van der Waals surface area contributed by atoms with Gasteiger partial charge in [0.1, 0.15) is 5.75 Å². The van der Waals surface area contributed by atoms with Gasteiger partial charge in [-0.25, -0.2) is 8.78 Å². The van der Waals surface area contributed by atoms with Gasteiger partial charge in [-0.3, -0.25) is 0 Å². The number of hydrogen-bond donors (Lipinski definition) is 1. The van der Waals surface area contributed by atoms with Gasteiger partial charge in [-0.15, -0.1) is 0 Å². The summed E-state index contributed by atoms with van der Waals surface area (Å²) < 4.78 is 32.7. The zero-order chi connectivity index (χ0) is 15.4. The maximum Gasteiger partial charge on any atom is 0.166 e. The molecule has 4 heteroatoms. The highest BCUT2D eigenvalue weighted by Crippen LogP contribution is 2.30. The summed E-state index contributed by atoms with van der Waals surface area (Å²) in [6.45, 7) is 4.62. The van der Waals surface area contributed by atoms with Gasteiger partial charge in [0.25, 0.3) is 0 Å². The van der Waals surface area contributed by atoms with Crippen molar-refractivity contribution in [2.45, 2.75) is 26.4 Å². The molecule has 0 radical (unpaired) electrons. The molecule has 0 heterocycles. The molecule has 0 saturated carbocycles. The first-order chi connectivity index (χ1) is 10.0. The van der Waals surface area contributed by atoms with Gasteiger partial charge >= 0.3 is 0 Å². The van der Waals surface area contributed by atoms with Crippen molar-refractivity contribution in [2.75, 3.05) is 7.11 Å². The molecule has 2 aromatic rings. The minimum absolute atomic E-state index is 0.262. The van der Waals surface area contributed by atoms with Gasteiger partial charge in [0.2, 0.25) is 0 Å². The van der Waals surface area contributed by atoms with Crippen molar-refractivity contribution in [2.24, 2.45) is 0 Å². The third kappa shape index (κ3) is 3.58. The normalized spacial score (nSPS) is 11.0. The van der Waals surface area contributed by atoms with Crippen molar-refractivity contribution < 1.29 is 13.5 Å². The standard InChI is InChI=1S/C17H19F2NO/c1-11(2)20-10-12-9-13(21-3)7-8-14(12)15-5-4-6-16(18)17(15)19/h4-9,11,20H,10H2,1-3H3. The van der Waals surface area contributed by atoms with E-state index in [9.17, 15) is 8.78 Å². The van der Waals surface area contributed by atoms with Crippen LogP contribution in [0.25, 0.3) is 11.1 Å². The van der Waals surface area contributed by atoms with Crippen molar-refractivity contribution in [1.82, 2.24) is 5.32 Å². The lowest BCUT2D eigenvalue weighted by Crippen LogP contribution is -2.22. The van der Waals surface area contributed by atoms with Crippen molar-refractivity contribution >= 4 is 0 Å². The lowest BCUT2D eigenvalue weighted by atomic mass is 9.98. The third-order valence-corrected chi connectivity index (χ3v) is 3.25. The van der Waals surface area contributed by atoms with Crippen LogP contribution in [0.5, 0.6) is 5.75 Å². The number of nitrogens with one attached hydrogen (secondary N) is 1. The Kier molecular flexibility index (Phi) is 4.91. The average molecular weight is 291 g/mol. The molecule has 112 valence electrons. The predicted octanol–water partition coefficient (Wildman–Crippen LogP) is 4.14. The van der Waals surface area contributed by atoms with Crippen molar-refractivity contribution in [1.29, 1.82) is 0 Å². The highest BCUT2D eigenvalue weighted by molar-refractivity contribution is 5.69. The van der Waals surface area contributed by atoms with E-state index in [-0.39, 0.29) is 5.56 Å². The lowest BCUT2D eigenvalue weighted by Gasteiger charge is -2.15. The van der Waals surface area contributed by atoms with Crippen molar-refractivity contribution in [3.63, 3.8) is 0 Å². The topological polar surface area (TPSA) is 21.3 Å². The predicted molar refractivity (Wildman–Crippen MR) is 80.3 cm³/mol. The molecule has 0 unspecified atom stereocenters. The Morgan fingerprint density at radius 3 is 2.52 bits per heavy atom. The number of benzene rings is 2. The molecule has 0 amide bonds. The second-order valence-electron chi connectivity index (χ2n) is 5.16. The Balaban J connectivity index is 2.48. The van der Waals surface area contributed by atoms with E-state index < -0.39 is 11.6 Å². The van der Waals surface area contributed by atoms with Gasteiger partial charge in [0.05, 0.1) is 7.11 Å². The molecule has 0 aliphatic rings. The van der Waals surface area contributed by atoms with Crippen molar-refractivity contribution in [3.8, 4) is 16.9 Å². The number of hydrogen-bond acceptors (Lipinski definition) is 2. The first-order valence-electron chi connectivity index (χ1n) is 6.87. The van der Waals surface area contributed by atoms with Crippen LogP contribution in [-0.4, -0.2) is 13.2 Å². The Labute approximate surface area is 123 Å². The van der Waals surface area contributed by atoms with Gasteiger partial charge in [0, 0.05) is 18.2 Å². The summed E-state index contributed by atoms with van der Waals surface area (Å²) >= 11 is 0. The van der Waals surface area contributed by atoms with Gasteiger partial charge < -0.3 is 10.1 Å². The van der Waals surface area contributed by atoms with Gasteiger partial charge in [-0.1, -0.05) is 32.0 Å². The molecule has 0 saturated heterocycles. The Hall–Kier alpha value is -1.94. The van der Waals surface area contributed by atoms with Crippen LogP contribution in [0.1, 0.15) is 19.4 Å². The fraction of sp³-hybridized carbons (Fsp3) is 0.294. The van der Waals surface area contributed by atoms with E-state index in [0.717, 1.165) is 11.6 Å². The number of methoxy groups -OCH3 is 1. The molecular formula is C17H19F2NO. The molecule has 2 nitrogen and oxygen atoms in total. The van der Waals surface area contributed by atoms with Gasteiger partial charge in [0.15, 0.2) is 11.6 Å². The second kappa shape index (κ2) is 6.68. The quantitative estimate of drug-likeness (QED) is 0.894. The van der Waals surface area contributed by atoms with E-state index in [2.05, 4.69) is 5.32 Å². The maximum absolute atomic E-state index is 14.0. The molecule has 0 fully saturated rings. The zero-order valence-electron chi connectivity index (χ0n) is 12.4. The number of rotatable bonds is 5. The Morgan fingerprint density at radius 1 is 1.10 bits per heavy atom. The lowest BCUT2D eigenvalue weighted by molar-refractivity contribution is 0.414. The van der Waals surface area contributed by atoms with E-state index in [1.165, 1.54) is 6.07 Å². The fourth-order valence-corrected chi connectivity index (χ4v) is 2.13. The Morgan fingerprint density at radius 2 is 1.86 bits per heavy atom. The molecule has 21 heavy (non-hydrogen) atoms. The van der Waals surface area contributed by atoms with Gasteiger partial charge in [-0.2, -0.15) is 0 Å². The van der Waals surface area contributed by atoms with Crippen molar-refractivity contribution in [3.05, 3.63) is 53.6 Å². The highest BCUT2D eigenvalue weighted by atomic mass is 19.2.